The predicted octanol–water partition coefficient (Wildman–Crippen LogP) is 1.75. The lowest BCUT2D eigenvalue weighted by atomic mass is 10.1. The van der Waals surface area contributed by atoms with Gasteiger partial charge in [-0.3, -0.25) is 19.8 Å². The van der Waals surface area contributed by atoms with Crippen molar-refractivity contribution in [2.75, 3.05) is 33.4 Å². The molecule has 0 aliphatic carbocycles. The van der Waals surface area contributed by atoms with Gasteiger partial charge in [0.25, 0.3) is 5.69 Å². The first-order valence-electron chi connectivity index (χ1n) is 6.59. The van der Waals surface area contributed by atoms with Crippen LogP contribution in [0.15, 0.2) is 24.3 Å². The Kier molecular flexibility index (Phi) is 4.81. The summed E-state index contributed by atoms with van der Waals surface area (Å²) in [6.45, 7) is 2.85. The molecule has 1 aliphatic heterocycles. The van der Waals surface area contributed by atoms with Gasteiger partial charge in [0.2, 0.25) is 0 Å². The number of nitro benzene ring substituents is 1. The molecule has 0 aromatic heterocycles. The second-order valence-electron chi connectivity index (χ2n) is 5.07. The van der Waals surface area contributed by atoms with Crippen molar-refractivity contribution >= 4 is 11.5 Å². The fraction of sp³-hybridized carbons (Fsp3) is 0.500. The van der Waals surface area contributed by atoms with E-state index in [1.54, 1.807) is 7.11 Å². The highest BCUT2D eigenvalue weighted by Gasteiger charge is 2.24. The molecule has 0 saturated carbocycles. The minimum Gasteiger partial charge on any atom is -0.384 e. The number of rotatable bonds is 6. The van der Waals surface area contributed by atoms with Crippen LogP contribution in [-0.4, -0.2) is 49.0 Å². The molecular formula is C14H18N2O4. The van der Waals surface area contributed by atoms with Crippen LogP contribution in [0.1, 0.15) is 16.8 Å². The molecule has 1 aromatic rings. The van der Waals surface area contributed by atoms with Crippen molar-refractivity contribution in [2.45, 2.75) is 6.42 Å². The van der Waals surface area contributed by atoms with Gasteiger partial charge < -0.3 is 4.74 Å². The first kappa shape index (κ1) is 14.6. The summed E-state index contributed by atoms with van der Waals surface area (Å²) in [5, 5.41) is 10.6. The Bertz CT molecular complexity index is 486. The number of carbonyl (C=O) groups excluding carboxylic acids is 1. The van der Waals surface area contributed by atoms with Gasteiger partial charge >= 0.3 is 0 Å². The van der Waals surface area contributed by atoms with Gasteiger partial charge in [0.1, 0.15) is 0 Å². The molecule has 108 valence electrons. The predicted molar refractivity (Wildman–Crippen MR) is 73.8 cm³/mol. The van der Waals surface area contributed by atoms with Crippen LogP contribution in [0.3, 0.4) is 0 Å². The van der Waals surface area contributed by atoms with Gasteiger partial charge in [0.15, 0.2) is 5.78 Å². The third kappa shape index (κ3) is 3.61. The Morgan fingerprint density at radius 2 is 2.15 bits per heavy atom. The number of nitrogens with zero attached hydrogens (tertiary/aromatic N) is 2. The summed E-state index contributed by atoms with van der Waals surface area (Å²) in [4.78, 5) is 24.3. The summed E-state index contributed by atoms with van der Waals surface area (Å²) in [6.07, 6.45) is 1.04. The molecule has 1 heterocycles. The van der Waals surface area contributed by atoms with Gasteiger partial charge in [0.05, 0.1) is 18.1 Å². The number of hydrogen-bond donors (Lipinski definition) is 0. The number of hydrogen-bond acceptors (Lipinski definition) is 5. The van der Waals surface area contributed by atoms with Crippen molar-refractivity contribution in [2.24, 2.45) is 5.92 Å². The number of carbonyl (C=O) groups is 1. The van der Waals surface area contributed by atoms with E-state index in [9.17, 15) is 14.9 Å². The maximum atomic E-state index is 12.1. The molecule has 2 rings (SSSR count). The van der Waals surface area contributed by atoms with E-state index < -0.39 is 4.92 Å². The van der Waals surface area contributed by atoms with Crippen molar-refractivity contribution < 1.29 is 14.5 Å². The Hall–Kier alpha value is -1.79. The lowest BCUT2D eigenvalue weighted by Gasteiger charge is -2.14. The zero-order chi connectivity index (χ0) is 14.5. The Balaban J connectivity index is 1.90. The van der Waals surface area contributed by atoms with E-state index in [0.29, 0.717) is 18.0 Å². The smallest absolute Gasteiger partial charge is 0.269 e. The van der Waals surface area contributed by atoms with E-state index in [2.05, 4.69) is 4.90 Å². The number of ether oxygens (including phenoxy) is 1. The number of methoxy groups -OCH3 is 1. The molecule has 1 fully saturated rings. The molecule has 0 amide bonds. The first-order chi connectivity index (χ1) is 9.60. The van der Waals surface area contributed by atoms with Crippen LogP contribution in [-0.2, 0) is 4.74 Å². The zero-order valence-electron chi connectivity index (χ0n) is 11.4. The lowest BCUT2D eigenvalue weighted by Crippen LogP contribution is -2.28. The molecular weight excluding hydrogens is 260 g/mol. The molecule has 1 aromatic carbocycles. The standard InChI is InChI=1S/C14H18N2O4/c1-20-10-11-6-7-15(8-11)9-14(17)12-2-4-13(5-3-12)16(18)19/h2-5,11H,6-10H2,1H3. The summed E-state index contributed by atoms with van der Waals surface area (Å²) in [6, 6.07) is 5.77. The zero-order valence-corrected chi connectivity index (χ0v) is 11.4. The van der Waals surface area contributed by atoms with Gasteiger partial charge in [-0.15, -0.1) is 0 Å². The van der Waals surface area contributed by atoms with Gasteiger partial charge in [-0.1, -0.05) is 0 Å². The molecule has 1 aliphatic rings. The molecule has 1 atom stereocenters. The summed E-state index contributed by atoms with van der Waals surface area (Å²) in [7, 11) is 1.69. The number of ketones is 1. The monoisotopic (exact) mass is 278 g/mol. The molecule has 20 heavy (non-hydrogen) atoms. The van der Waals surface area contributed by atoms with E-state index in [4.69, 9.17) is 4.74 Å². The highest BCUT2D eigenvalue weighted by molar-refractivity contribution is 5.97. The van der Waals surface area contributed by atoms with Crippen molar-refractivity contribution in [3.8, 4) is 0 Å². The number of likely N-dealkylation sites (tertiary alicyclic amines) is 1. The van der Waals surface area contributed by atoms with Crippen molar-refractivity contribution in [1.82, 2.24) is 4.90 Å². The molecule has 1 unspecified atom stereocenters. The molecule has 1 saturated heterocycles. The molecule has 0 N–H and O–H groups in total. The molecule has 0 bridgehead atoms. The fourth-order valence-electron chi connectivity index (χ4n) is 2.49. The van der Waals surface area contributed by atoms with Crippen LogP contribution in [0, 0.1) is 16.0 Å². The Morgan fingerprint density at radius 3 is 2.75 bits per heavy atom. The highest BCUT2D eigenvalue weighted by atomic mass is 16.6. The van der Waals surface area contributed by atoms with Crippen LogP contribution >= 0.6 is 0 Å². The molecule has 6 heteroatoms. The summed E-state index contributed by atoms with van der Waals surface area (Å²) >= 11 is 0. The number of benzene rings is 1. The maximum absolute atomic E-state index is 12.1. The van der Waals surface area contributed by atoms with Crippen LogP contribution < -0.4 is 0 Å². The largest absolute Gasteiger partial charge is 0.384 e. The van der Waals surface area contributed by atoms with Gasteiger partial charge in [0, 0.05) is 31.4 Å². The van der Waals surface area contributed by atoms with Crippen LogP contribution in [0.25, 0.3) is 0 Å². The van der Waals surface area contributed by atoms with Crippen molar-refractivity contribution in [3.05, 3.63) is 39.9 Å². The highest BCUT2D eigenvalue weighted by Crippen LogP contribution is 2.17. The molecule has 6 nitrogen and oxygen atoms in total. The normalized spacial score (nSPS) is 19.1. The van der Waals surface area contributed by atoms with Crippen LogP contribution in [0.4, 0.5) is 5.69 Å². The summed E-state index contributed by atoms with van der Waals surface area (Å²) in [5.74, 6) is 0.489. The van der Waals surface area contributed by atoms with Gasteiger partial charge in [-0.25, -0.2) is 0 Å². The Labute approximate surface area is 117 Å². The quantitative estimate of drug-likeness (QED) is 0.450. The average Bonchev–Trinajstić information content (AvgIpc) is 2.86. The van der Waals surface area contributed by atoms with E-state index >= 15 is 0 Å². The minimum atomic E-state index is -0.468. The summed E-state index contributed by atoms with van der Waals surface area (Å²) in [5.41, 5.74) is 0.522. The third-order valence-electron chi connectivity index (χ3n) is 3.54. The first-order valence-corrected chi connectivity index (χ1v) is 6.59. The maximum Gasteiger partial charge on any atom is 0.269 e. The van der Waals surface area contributed by atoms with Gasteiger partial charge in [-0.05, 0) is 31.0 Å². The average molecular weight is 278 g/mol. The lowest BCUT2D eigenvalue weighted by molar-refractivity contribution is -0.384. The topological polar surface area (TPSA) is 72.7 Å². The van der Waals surface area contributed by atoms with Crippen molar-refractivity contribution in [1.29, 1.82) is 0 Å². The Morgan fingerprint density at radius 1 is 1.45 bits per heavy atom. The fourth-order valence-corrected chi connectivity index (χ4v) is 2.49. The van der Waals surface area contributed by atoms with E-state index in [1.165, 1.54) is 24.3 Å². The number of Topliss-reactive ketones (excluding diaryl/α,β-unsaturated/α-hetero) is 1. The minimum absolute atomic E-state index is 0.00188. The SMILES string of the molecule is COCC1CCN(CC(=O)c2ccc([N+](=O)[O-])cc2)C1. The van der Waals surface area contributed by atoms with E-state index in [-0.39, 0.29) is 11.5 Å². The molecule has 0 radical (unpaired) electrons. The summed E-state index contributed by atoms with van der Waals surface area (Å²) < 4.78 is 5.12. The van der Waals surface area contributed by atoms with Crippen LogP contribution in [0.2, 0.25) is 0 Å². The van der Waals surface area contributed by atoms with E-state index in [0.717, 1.165) is 26.1 Å². The van der Waals surface area contributed by atoms with Crippen molar-refractivity contribution in [3.63, 3.8) is 0 Å². The van der Waals surface area contributed by atoms with E-state index in [1.807, 2.05) is 0 Å². The second kappa shape index (κ2) is 6.58. The second-order valence-corrected chi connectivity index (χ2v) is 5.07. The van der Waals surface area contributed by atoms with Gasteiger partial charge in [-0.2, -0.15) is 0 Å². The number of nitro groups is 1. The van der Waals surface area contributed by atoms with Crippen LogP contribution in [0.5, 0.6) is 0 Å². The number of non-ortho nitro benzene ring substituents is 1. The third-order valence-corrected chi connectivity index (χ3v) is 3.54. The molecule has 0 spiro atoms.